The van der Waals surface area contributed by atoms with E-state index < -0.39 is 0 Å². The number of carbonyl (C=O) groups is 2. The van der Waals surface area contributed by atoms with Crippen LogP contribution in [-0.4, -0.2) is 47.8 Å². The van der Waals surface area contributed by atoms with Crippen LogP contribution >= 0.6 is 0 Å². The molecule has 188 valence electrons. The maximum Gasteiger partial charge on any atom is 0.246 e. The summed E-state index contributed by atoms with van der Waals surface area (Å²) in [5.74, 6) is 0.383. The molecular formula is C29H50N2O2. The smallest absolute Gasteiger partial charge is 0.246 e. The molecule has 0 saturated carbocycles. The summed E-state index contributed by atoms with van der Waals surface area (Å²) in [4.78, 5) is 27.3. The number of unbranched alkanes of at least 4 members (excludes halogenated alkanes) is 8. The first-order valence-electron chi connectivity index (χ1n) is 13.8. The van der Waals surface area contributed by atoms with E-state index in [-0.39, 0.29) is 11.8 Å². The molecule has 2 fully saturated rings. The second-order valence-corrected chi connectivity index (χ2v) is 9.31. The molecular weight excluding hydrogens is 408 g/mol. The molecule has 2 aliphatic heterocycles. The molecule has 0 aromatic rings. The molecule has 0 atom stereocenters. The summed E-state index contributed by atoms with van der Waals surface area (Å²) in [6, 6.07) is 0. The van der Waals surface area contributed by atoms with Crippen LogP contribution < -0.4 is 0 Å². The normalized spacial score (nSPS) is 16.7. The first-order valence-corrected chi connectivity index (χ1v) is 13.8. The van der Waals surface area contributed by atoms with Crippen LogP contribution in [0.4, 0.5) is 0 Å². The van der Waals surface area contributed by atoms with E-state index >= 15 is 0 Å². The minimum atomic E-state index is 0.163. The molecule has 33 heavy (non-hydrogen) atoms. The summed E-state index contributed by atoms with van der Waals surface area (Å²) in [7, 11) is 0. The first kappa shape index (κ1) is 29.2. The van der Waals surface area contributed by atoms with Crippen LogP contribution in [0.2, 0.25) is 0 Å². The van der Waals surface area contributed by atoms with Crippen LogP contribution in [0.15, 0.2) is 36.5 Å². The van der Waals surface area contributed by atoms with Crippen LogP contribution in [0.1, 0.15) is 110 Å². The van der Waals surface area contributed by atoms with E-state index in [0.717, 1.165) is 51.9 Å². The number of amides is 2. The predicted octanol–water partition coefficient (Wildman–Crippen LogP) is 7.22. The quantitative estimate of drug-likeness (QED) is 0.166. The monoisotopic (exact) mass is 458 g/mol. The van der Waals surface area contributed by atoms with Gasteiger partial charge in [-0.1, -0.05) is 76.7 Å². The lowest BCUT2D eigenvalue weighted by Gasteiger charge is -2.25. The van der Waals surface area contributed by atoms with E-state index in [2.05, 4.69) is 26.0 Å². The third-order valence-electron chi connectivity index (χ3n) is 6.28. The van der Waals surface area contributed by atoms with Crippen molar-refractivity contribution in [1.82, 2.24) is 9.80 Å². The van der Waals surface area contributed by atoms with Gasteiger partial charge in [-0.15, -0.1) is 0 Å². The Kier molecular flexibility index (Phi) is 18.4. The Balaban J connectivity index is 0.000000331. The Labute approximate surface area is 204 Å². The summed E-state index contributed by atoms with van der Waals surface area (Å²) in [5.41, 5.74) is 0. The largest absolute Gasteiger partial charge is 0.339 e. The molecule has 0 aromatic carbocycles. The van der Waals surface area contributed by atoms with Gasteiger partial charge in [0.15, 0.2) is 0 Å². The summed E-state index contributed by atoms with van der Waals surface area (Å²) in [6.45, 7) is 8.22. The van der Waals surface area contributed by atoms with Crippen molar-refractivity contribution >= 4 is 11.8 Å². The zero-order chi connectivity index (χ0) is 24.0. The Hall–Kier alpha value is -1.84. The van der Waals surface area contributed by atoms with E-state index in [0.29, 0.717) is 0 Å². The molecule has 0 N–H and O–H groups in total. The van der Waals surface area contributed by atoms with E-state index in [1.165, 1.54) is 70.6 Å². The first-order chi connectivity index (χ1) is 16.2. The Morgan fingerprint density at radius 3 is 1.70 bits per heavy atom. The number of likely N-dealkylation sites (tertiary alicyclic amines) is 2. The van der Waals surface area contributed by atoms with Crippen LogP contribution in [0, 0.1) is 0 Å². The van der Waals surface area contributed by atoms with Gasteiger partial charge < -0.3 is 9.80 Å². The lowest BCUT2D eigenvalue weighted by molar-refractivity contribution is -0.127. The van der Waals surface area contributed by atoms with Gasteiger partial charge in [0.25, 0.3) is 0 Å². The van der Waals surface area contributed by atoms with Crippen molar-refractivity contribution in [1.29, 1.82) is 0 Å². The standard InChI is InChI=1S/C15H27NO.C14H23NO/c1-2-3-4-5-6-7-9-12-15(17)16-13-10-8-11-14-16;1-2-3-4-5-6-7-8-11-14(16)15-12-9-10-13-15/h9,12H,2-8,10-11,13-14H2,1H3;6-8,11H,2-5,9-10,12-13H2,1H3. The van der Waals surface area contributed by atoms with Crippen molar-refractivity contribution in [3.8, 4) is 0 Å². The minimum absolute atomic E-state index is 0.163. The topological polar surface area (TPSA) is 40.6 Å². The Bertz CT molecular complexity index is 582. The van der Waals surface area contributed by atoms with E-state index in [1.54, 1.807) is 12.2 Å². The summed E-state index contributed by atoms with van der Waals surface area (Å²) in [6.07, 6.45) is 30.0. The number of allylic oxidation sites excluding steroid dienone is 4. The number of rotatable bonds is 13. The highest BCUT2D eigenvalue weighted by molar-refractivity contribution is 5.88. The summed E-state index contributed by atoms with van der Waals surface area (Å²) >= 11 is 0. The molecule has 2 saturated heterocycles. The number of carbonyl (C=O) groups excluding carboxylic acids is 2. The van der Waals surface area contributed by atoms with Crippen LogP contribution in [0.3, 0.4) is 0 Å². The van der Waals surface area contributed by atoms with Gasteiger partial charge in [0.05, 0.1) is 0 Å². The molecule has 4 heteroatoms. The van der Waals surface area contributed by atoms with Crippen molar-refractivity contribution in [3.63, 3.8) is 0 Å². The van der Waals surface area contributed by atoms with Crippen LogP contribution in [0.25, 0.3) is 0 Å². The maximum absolute atomic E-state index is 11.8. The molecule has 2 amide bonds. The number of nitrogens with zero attached hydrogens (tertiary/aromatic N) is 2. The fraction of sp³-hybridized carbons (Fsp3) is 0.724. The Morgan fingerprint density at radius 2 is 1.06 bits per heavy atom. The summed E-state index contributed by atoms with van der Waals surface area (Å²) in [5, 5.41) is 0. The molecule has 4 nitrogen and oxygen atoms in total. The second-order valence-electron chi connectivity index (χ2n) is 9.31. The number of piperidine rings is 1. The molecule has 0 unspecified atom stereocenters. The maximum atomic E-state index is 11.8. The fourth-order valence-electron chi connectivity index (χ4n) is 4.14. The highest BCUT2D eigenvalue weighted by Gasteiger charge is 2.14. The van der Waals surface area contributed by atoms with Crippen LogP contribution in [0.5, 0.6) is 0 Å². The van der Waals surface area contributed by atoms with E-state index in [9.17, 15) is 9.59 Å². The second kappa shape index (κ2) is 20.7. The van der Waals surface area contributed by atoms with Crippen molar-refractivity contribution in [3.05, 3.63) is 36.5 Å². The fourth-order valence-corrected chi connectivity index (χ4v) is 4.14. The van der Waals surface area contributed by atoms with Crippen molar-refractivity contribution in [2.24, 2.45) is 0 Å². The van der Waals surface area contributed by atoms with E-state index in [1.807, 2.05) is 22.0 Å². The van der Waals surface area contributed by atoms with Gasteiger partial charge in [-0.25, -0.2) is 0 Å². The van der Waals surface area contributed by atoms with Crippen molar-refractivity contribution in [2.75, 3.05) is 26.2 Å². The third kappa shape index (κ3) is 15.6. The number of hydrogen-bond donors (Lipinski definition) is 0. The van der Waals surface area contributed by atoms with Crippen LogP contribution in [-0.2, 0) is 9.59 Å². The molecule has 0 aromatic heterocycles. The highest BCUT2D eigenvalue weighted by Crippen LogP contribution is 2.10. The minimum Gasteiger partial charge on any atom is -0.339 e. The average Bonchev–Trinajstić information content (AvgIpc) is 3.39. The van der Waals surface area contributed by atoms with Gasteiger partial charge in [0.2, 0.25) is 11.8 Å². The predicted molar refractivity (Wildman–Crippen MR) is 141 cm³/mol. The van der Waals surface area contributed by atoms with Crippen molar-refractivity contribution < 1.29 is 9.59 Å². The lowest BCUT2D eigenvalue weighted by Crippen LogP contribution is -2.34. The third-order valence-corrected chi connectivity index (χ3v) is 6.28. The SMILES string of the molecule is CCCCCC=CC=CC(=O)N1CCCC1.CCCCCCCC=CC(=O)N1CCCCC1. The van der Waals surface area contributed by atoms with Gasteiger partial charge in [0.1, 0.15) is 0 Å². The molecule has 2 heterocycles. The summed E-state index contributed by atoms with van der Waals surface area (Å²) < 4.78 is 0. The van der Waals surface area contributed by atoms with Gasteiger partial charge >= 0.3 is 0 Å². The van der Waals surface area contributed by atoms with Gasteiger partial charge in [-0.05, 0) is 63.9 Å². The molecule has 0 aliphatic carbocycles. The average molecular weight is 459 g/mol. The van der Waals surface area contributed by atoms with Crippen molar-refractivity contribution in [2.45, 2.75) is 110 Å². The van der Waals surface area contributed by atoms with Gasteiger partial charge in [-0.2, -0.15) is 0 Å². The zero-order valence-corrected chi connectivity index (χ0v) is 21.6. The molecule has 0 spiro atoms. The molecule has 0 radical (unpaired) electrons. The number of hydrogen-bond acceptors (Lipinski definition) is 2. The molecule has 2 rings (SSSR count). The molecule has 2 aliphatic rings. The molecule has 0 bridgehead atoms. The van der Waals surface area contributed by atoms with E-state index in [4.69, 9.17) is 0 Å². The zero-order valence-electron chi connectivity index (χ0n) is 21.6. The van der Waals surface area contributed by atoms with Gasteiger partial charge in [0, 0.05) is 32.3 Å². The van der Waals surface area contributed by atoms with Gasteiger partial charge in [-0.3, -0.25) is 9.59 Å². The lowest BCUT2D eigenvalue weighted by atomic mass is 10.1. The Morgan fingerprint density at radius 1 is 0.576 bits per heavy atom. The highest BCUT2D eigenvalue weighted by atomic mass is 16.2.